The third-order valence-corrected chi connectivity index (χ3v) is 9.41. The van der Waals surface area contributed by atoms with Gasteiger partial charge in [0.2, 0.25) is 0 Å². The molecule has 0 atom stereocenters. The summed E-state index contributed by atoms with van der Waals surface area (Å²) in [7, 11) is 0. The molecule has 5 heteroatoms. The minimum atomic E-state index is -0.289. The van der Waals surface area contributed by atoms with E-state index < -0.39 is 0 Å². The van der Waals surface area contributed by atoms with E-state index in [-0.39, 0.29) is 6.17 Å². The van der Waals surface area contributed by atoms with E-state index in [4.69, 9.17) is 15.0 Å². The zero-order valence-electron chi connectivity index (χ0n) is 25.3. The fourth-order valence-electron chi connectivity index (χ4n) is 7.33. The largest absolute Gasteiger partial charge is 0.309 e. The van der Waals surface area contributed by atoms with E-state index >= 15 is 0 Å². The van der Waals surface area contributed by atoms with Crippen LogP contribution in [0.2, 0.25) is 0 Å². The topological polar surface area (TPSA) is 45.8 Å². The van der Waals surface area contributed by atoms with Gasteiger partial charge in [-0.3, -0.25) is 14.6 Å². The van der Waals surface area contributed by atoms with Crippen LogP contribution < -0.4 is 15.6 Å². The van der Waals surface area contributed by atoms with Gasteiger partial charge in [0.05, 0.1) is 33.1 Å². The molecular formula is C42H27N5. The summed E-state index contributed by atoms with van der Waals surface area (Å²) in [5, 5.41) is 4.27. The molecule has 0 radical (unpaired) electrons. The summed E-state index contributed by atoms with van der Waals surface area (Å²) in [5.41, 5.74) is 11.4. The lowest BCUT2D eigenvalue weighted by atomic mass is 9.94. The molecule has 0 bridgehead atoms. The number of nitrogens with zero attached hydrogens (tertiary/aromatic N) is 5. The molecule has 4 heterocycles. The van der Waals surface area contributed by atoms with E-state index in [0.717, 1.165) is 50.2 Å². The average molecular weight is 602 g/mol. The van der Waals surface area contributed by atoms with Crippen LogP contribution in [0.15, 0.2) is 168 Å². The number of anilines is 3. The van der Waals surface area contributed by atoms with Crippen molar-refractivity contribution >= 4 is 38.9 Å². The van der Waals surface area contributed by atoms with Crippen molar-refractivity contribution in [2.75, 3.05) is 4.90 Å². The third-order valence-electron chi connectivity index (χ3n) is 9.41. The Balaban J connectivity index is 1.26. The highest BCUT2D eigenvalue weighted by Crippen LogP contribution is 2.51. The van der Waals surface area contributed by atoms with Gasteiger partial charge in [0.25, 0.3) is 0 Å². The number of benzene rings is 6. The number of aromatic nitrogens is 2. The first-order chi connectivity index (χ1) is 23.3. The molecule has 2 aliphatic heterocycles. The Kier molecular flexibility index (Phi) is 5.57. The molecule has 0 fully saturated rings. The monoisotopic (exact) mass is 601 g/mol. The molecule has 0 saturated carbocycles. The molecule has 5 nitrogen and oxygen atoms in total. The van der Waals surface area contributed by atoms with E-state index in [1.807, 2.05) is 42.6 Å². The second kappa shape index (κ2) is 10.1. The van der Waals surface area contributed by atoms with Crippen LogP contribution in [0.25, 0.3) is 49.9 Å². The molecule has 0 saturated heterocycles. The van der Waals surface area contributed by atoms with Gasteiger partial charge in [-0.25, -0.2) is 4.98 Å². The highest BCUT2D eigenvalue weighted by Gasteiger charge is 2.28. The summed E-state index contributed by atoms with van der Waals surface area (Å²) >= 11 is 0. The second-order valence-electron chi connectivity index (χ2n) is 12.0. The number of hydrogen-bond donors (Lipinski definition) is 0. The molecule has 0 unspecified atom stereocenters. The highest BCUT2D eigenvalue weighted by molar-refractivity contribution is 6.11. The minimum Gasteiger partial charge on any atom is -0.309 e. The Morgan fingerprint density at radius 2 is 1.13 bits per heavy atom. The predicted octanol–water partition coefficient (Wildman–Crippen LogP) is 9.25. The molecule has 47 heavy (non-hydrogen) atoms. The summed E-state index contributed by atoms with van der Waals surface area (Å²) in [5.74, 6) is 0.895. The van der Waals surface area contributed by atoms with Crippen LogP contribution in [0.5, 0.6) is 0 Å². The fourth-order valence-corrected chi connectivity index (χ4v) is 7.33. The summed E-state index contributed by atoms with van der Waals surface area (Å²) < 4.78 is 2.28. The van der Waals surface area contributed by atoms with Crippen LogP contribution in [-0.4, -0.2) is 9.55 Å². The maximum Gasteiger partial charge on any atom is 0.166 e. The standard InChI is InChI=1S/C42H27N5/c1-2-12-30-29(11-1)31-13-3-7-17-37(31)46(39-25-27(20-22-33(30)39)42-44-35-15-5-6-16-36(35)45-42)28-21-23-34-32-14-4-8-18-38(32)47(40(34)26-28)41-19-9-10-24-43-41/h1-26,42H. The lowest BCUT2D eigenvalue weighted by molar-refractivity contribution is 0.771. The molecule has 220 valence electrons. The zero-order valence-corrected chi connectivity index (χ0v) is 25.3. The van der Waals surface area contributed by atoms with Gasteiger partial charge in [0.15, 0.2) is 6.17 Å². The lowest BCUT2D eigenvalue weighted by Gasteiger charge is -2.28. The smallest absolute Gasteiger partial charge is 0.166 e. The Morgan fingerprint density at radius 3 is 1.91 bits per heavy atom. The normalized spacial score (nSPS) is 13.3. The molecule has 0 amide bonds. The molecule has 0 aliphatic carbocycles. The molecule has 2 aromatic heterocycles. The van der Waals surface area contributed by atoms with Crippen LogP contribution in [0.4, 0.5) is 17.1 Å². The van der Waals surface area contributed by atoms with Crippen LogP contribution in [0.1, 0.15) is 11.7 Å². The first kappa shape index (κ1) is 25.9. The van der Waals surface area contributed by atoms with Crippen molar-refractivity contribution < 1.29 is 0 Å². The van der Waals surface area contributed by atoms with Crippen molar-refractivity contribution in [3.63, 3.8) is 0 Å². The number of pyridine rings is 1. The summed E-state index contributed by atoms with van der Waals surface area (Å²) in [4.78, 5) is 17.2. The number of fused-ring (bicyclic) bond motifs is 9. The van der Waals surface area contributed by atoms with Gasteiger partial charge in [0, 0.05) is 39.3 Å². The van der Waals surface area contributed by atoms with Crippen LogP contribution >= 0.6 is 0 Å². The second-order valence-corrected chi connectivity index (χ2v) is 12.0. The quantitative estimate of drug-likeness (QED) is 0.203. The summed E-state index contributed by atoms with van der Waals surface area (Å²) in [6.07, 6.45) is 1.57. The van der Waals surface area contributed by atoms with Crippen molar-refractivity contribution in [3.05, 3.63) is 174 Å². The molecule has 2 aliphatic rings. The number of rotatable bonds is 3. The van der Waals surface area contributed by atoms with Crippen molar-refractivity contribution in [3.8, 4) is 28.1 Å². The summed E-state index contributed by atoms with van der Waals surface area (Å²) in [6, 6.07) is 53.8. The van der Waals surface area contributed by atoms with Gasteiger partial charge < -0.3 is 4.90 Å². The zero-order chi connectivity index (χ0) is 30.9. The molecule has 0 N–H and O–H groups in total. The first-order valence-corrected chi connectivity index (χ1v) is 15.9. The number of para-hydroxylation sites is 4. The van der Waals surface area contributed by atoms with Gasteiger partial charge in [-0.2, -0.15) is 0 Å². The van der Waals surface area contributed by atoms with Crippen molar-refractivity contribution in [1.29, 1.82) is 0 Å². The molecule has 10 rings (SSSR count). The number of hydrogen-bond acceptors (Lipinski definition) is 4. The van der Waals surface area contributed by atoms with Crippen molar-refractivity contribution in [2.45, 2.75) is 6.17 Å². The van der Waals surface area contributed by atoms with E-state index in [9.17, 15) is 0 Å². The van der Waals surface area contributed by atoms with Crippen LogP contribution in [-0.2, 0) is 0 Å². The van der Waals surface area contributed by atoms with Gasteiger partial charge in [-0.1, -0.05) is 97.1 Å². The maximum absolute atomic E-state index is 5.00. The third kappa shape index (κ3) is 3.93. The Labute approximate surface area is 271 Å². The minimum absolute atomic E-state index is 0.289. The Bertz CT molecular complexity index is 2620. The lowest BCUT2D eigenvalue weighted by Crippen LogP contribution is -2.19. The van der Waals surface area contributed by atoms with E-state index in [1.54, 1.807) is 0 Å². The Morgan fingerprint density at radius 1 is 0.468 bits per heavy atom. The van der Waals surface area contributed by atoms with Gasteiger partial charge >= 0.3 is 0 Å². The molecule has 8 aromatic rings. The van der Waals surface area contributed by atoms with Gasteiger partial charge in [0.1, 0.15) is 5.82 Å². The fraction of sp³-hybridized carbons (Fsp3) is 0.0238. The molecule has 6 aromatic carbocycles. The maximum atomic E-state index is 5.00. The van der Waals surface area contributed by atoms with E-state index in [1.165, 1.54) is 33.0 Å². The SMILES string of the molecule is c1ccc(-n2c3ccccc3c3ccc(N4c5ccccc5-c5ccccc5-c5ccc(C6N=c7ccccc7=N6)cc54)cc32)nc1. The van der Waals surface area contributed by atoms with Gasteiger partial charge in [-0.15, -0.1) is 0 Å². The molecule has 0 spiro atoms. The van der Waals surface area contributed by atoms with Crippen LogP contribution in [0.3, 0.4) is 0 Å². The van der Waals surface area contributed by atoms with Gasteiger partial charge in [-0.05, 0) is 65.7 Å². The van der Waals surface area contributed by atoms with E-state index in [2.05, 4.69) is 125 Å². The van der Waals surface area contributed by atoms with Crippen molar-refractivity contribution in [1.82, 2.24) is 9.55 Å². The first-order valence-electron chi connectivity index (χ1n) is 15.9. The van der Waals surface area contributed by atoms with Crippen LogP contribution in [0, 0.1) is 0 Å². The van der Waals surface area contributed by atoms with Crippen molar-refractivity contribution in [2.24, 2.45) is 9.98 Å². The predicted molar refractivity (Wildman–Crippen MR) is 189 cm³/mol. The molecular weight excluding hydrogens is 574 g/mol. The van der Waals surface area contributed by atoms with E-state index in [0.29, 0.717) is 0 Å². The Hall–Kier alpha value is -6.33. The summed E-state index contributed by atoms with van der Waals surface area (Å²) in [6.45, 7) is 0. The average Bonchev–Trinajstić information content (AvgIpc) is 3.68. The highest BCUT2D eigenvalue weighted by atomic mass is 15.2.